The largest absolute Gasteiger partial charge is 0.508 e. The number of benzene rings is 1. The van der Waals surface area contributed by atoms with Crippen LogP contribution in [0.5, 0.6) is 5.75 Å². The van der Waals surface area contributed by atoms with Gasteiger partial charge in [-0.25, -0.2) is 0 Å². The molecule has 0 atom stereocenters. The third kappa shape index (κ3) is 5.57. The molecular weight excluding hydrogens is 314 g/mol. The summed E-state index contributed by atoms with van der Waals surface area (Å²) in [6, 6.07) is 13.1. The Morgan fingerprint density at radius 3 is 2.76 bits per heavy atom. The molecule has 2 heterocycles. The molecule has 0 saturated carbocycles. The van der Waals surface area contributed by atoms with Crippen molar-refractivity contribution in [3.8, 4) is 5.75 Å². The van der Waals surface area contributed by atoms with Crippen LogP contribution in [0.25, 0.3) is 0 Å². The number of nitrogens with zero attached hydrogens (tertiary/aromatic N) is 2. The molecule has 25 heavy (non-hydrogen) atoms. The van der Waals surface area contributed by atoms with Crippen LogP contribution in [0.2, 0.25) is 0 Å². The third-order valence-corrected chi connectivity index (χ3v) is 4.68. The maximum atomic E-state index is 12.0. The lowest BCUT2D eigenvalue weighted by atomic mass is 9.96. The molecule has 1 saturated heterocycles. The molecule has 5 nitrogen and oxygen atoms in total. The summed E-state index contributed by atoms with van der Waals surface area (Å²) in [6.07, 6.45) is 4.23. The summed E-state index contributed by atoms with van der Waals surface area (Å²) in [5.74, 6) is 0.900. The quantitative estimate of drug-likeness (QED) is 0.848. The van der Waals surface area contributed by atoms with E-state index in [1.165, 1.54) is 0 Å². The van der Waals surface area contributed by atoms with Crippen LogP contribution in [0.3, 0.4) is 0 Å². The number of aromatic hydroxyl groups is 1. The fourth-order valence-electron chi connectivity index (χ4n) is 3.25. The highest BCUT2D eigenvalue weighted by Crippen LogP contribution is 2.20. The minimum Gasteiger partial charge on any atom is -0.508 e. The Morgan fingerprint density at radius 2 is 2.04 bits per heavy atom. The number of likely N-dealkylation sites (tertiary alicyclic amines) is 1. The molecule has 1 aromatic carbocycles. The normalized spacial score (nSPS) is 15.8. The summed E-state index contributed by atoms with van der Waals surface area (Å²) >= 11 is 0. The molecule has 5 heteroatoms. The molecule has 1 aliphatic rings. The number of nitrogens with one attached hydrogen (secondary N) is 1. The predicted octanol–water partition coefficient (Wildman–Crippen LogP) is 2.36. The third-order valence-electron chi connectivity index (χ3n) is 4.68. The SMILES string of the molecule is O=C(Cc1ccccn1)NCC1CCN(Cc2cccc(O)c2)CC1. The zero-order valence-electron chi connectivity index (χ0n) is 14.4. The van der Waals surface area contributed by atoms with Gasteiger partial charge >= 0.3 is 0 Å². The fourth-order valence-corrected chi connectivity index (χ4v) is 3.25. The molecule has 1 fully saturated rings. The Bertz CT molecular complexity index is 682. The summed E-state index contributed by atoms with van der Waals surface area (Å²) in [4.78, 5) is 18.6. The second-order valence-corrected chi connectivity index (χ2v) is 6.69. The smallest absolute Gasteiger partial charge is 0.226 e. The van der Waals surface area contributed by atoms with Gasteiger partial charge in [-0.05, 0) is 61.7 Å². The Kier molecular flexibility index (Phi) is 6.01. The topological polar surface area (TPSA) is 65.5 Å². The van der Waals surface area contributed by atoms with Crippen molar-refractivity contribution < 1.29 is 9.90 Å². The van der Waals surface area contributed by atoms with E-state index in [0.717, 1.165) is 50.3 Å². The van der Waals surface area contributed by atoms with Gasteiger partial charge < -0.3 is 10.4 Å². The van der Waals surface area contributed by atoms with Crippen LogP contribution in [-0.2, 0) is 17.8 Å². The minimum absolute atomic E-state index is 0.0425. The molecule has 0 unspecified atom stereocenters. The number of phenolic OH excluding ortho intramolecular Hbond substituents is 1. The van der Waals surface area contributed by atoms with Crippen molar-refractivity contribution in [2.75, 3.05) is 19.6 Å². The summed E-state index contributed by atoms with van der Waals surface area (Å²) in [5.41, 5.74) is 1.95. The molecule has 132 valence electrons. The molecule has 2 aromatic rings. The minimum atomic E-state index is 0.0425. The molecule has 0 radical (unpaired) electrons. The number of hydrogen-bond donors (Lipinski definition) is 2. The molecule has 0 bridgehead atoms. The van der Waals surface area contributed by atoms with Crippen LogP contribution in [0.15, 0.2) is 48.7 Å². The molecule has 3 rings (SSSR count). The zero-order valence-corrected chi connectivity index (χ0v) is 14.4. The molecule has 0 aliphatic carbocycles. The van der Waals surface area contributed by atoms with Gasteiger partial charge in [0.2, 0.25) is 5.91 Å². The highest BCUT2D eigenvalue weighted by atomic mass is 16.3. The van der Waals surface area contributed by atoms with E-state index in [9.17, 15) is 9.90 Å². The monoisotopic (exact) mass is 339 g/mol. The van der Waals surface area contributed by atoms with Crippen molar-refractivity contribution in [3.63, 3.8) is 0 Å². The maximum Gasteiger partial charge on any atom is 0.226 e. The van der Waals surface area contributed by atoms with Crippen molar-refractivity contribution in [1.82, 2.24) is 15.2 Å². The van der Waals surface area contributed by atoms with E-state index < -0.39 is 0 Å². The first-order valence-corrected chi connectivity index (χ1v) is 8.86. The van der Waals surface area contributed by atoms with Gasteiger partial charge in [0.1, 0.15) is 5.75 Å². The van der Waals surface area contributed by atoms with Gasteiger partial charge in [-0.15, -0.1) is 0 Å². The van der Waals surface area contributed by atoms with Crippen LogP contribution >= 0.6 is 0 Å². The maximum absolute atomic E-state index is 12.0. The average molecular weight is 339 g/mol. The molecular formula is C20H25N3O2. The first kappa shape index (κ1) is 17.4. The van der Waals surface area contributed by atoms with E-state index in [1.54, 1.807) is 12.3 Å². The van der Waals surface area contributed by atoms with Crippen LogP contribution in [0.4, 0.5) is 0 Å². The van der Waals surface area contributed by atoms with Crippen LogP contribution in [0, 0.1) is 5.92 Å². The van der Waals surface area contributed by atoms with E-state index >= 15 is 0 Å². The Balaban J connectivity index is 1.37. The van der Waals surface area contributed by atoms with Crippen molar-refractivity contribution in [2.24, 2.45) is 5.92 Å². The summed E-state index contributed by atoms with van der Waals surface area (Å²) in [6.45, 7) is 3.66. The molecule has 1 aromatic heterocycles. The second-order valence-electron chi connectivity index (χ2n) is 6.69. The van der Waals surface area contributed by atoms with Crippen LogP contribution in [0.1, 0.15) is 24.1 Å². The Hall–Kier alpha value is -2.40. The molecule has 1 amide bonds. The van der Waals surface area contributed by atoms with E-state index in [2.05, 4.69) is 15.2 Å². The van der Waals surface area contributed by atoms with Gasteiger partial charge in [0, 0.05) is 25.0 Å². The van der Waals surface area contributed by atoms with Crippen molar-refractivity contribution in [3.05, 3.63) is 59.9 Å². The average Bonchev–Trinajstić information content (AvgIpc) is 2.62. The van der Waals surface area contributed by atoms with E-state index in [0.29, 0.717) is 18.1 Å². The second kappa shape index (κ2) is 8.62. The summed E-state index contributed by atoms with van der Waals surface area (Å²) in [7, 11) is 0. The lowest BCUT2D eigenvalue weighted by Crippen LogP contribution is -2.38. The molecule has 1 aliphatic heterocycles. The van der Waals surface area contributed by atoms with E-state index in [1.807, 2.05) is 36.4 Å². The van der Waals surface area contributed by atoms with Gasteiger partial charge in [0.15, 0.2) is 0 Å². The lowest BCUT2D eigenvalue weighted by molar-refractivity contribution is -0.120. The molecule has 2 N–H and O–H groups in total. The summed E-state index contributed by atoms with van der Waals surface area (Å²) in [5, 5.41) is 12.6. The van der Waals surface area contributed by atoms with E-state index in [-0.39, 0.29) is 5.91 Å². The van der Waals surface area contributed by atoms with Crippen molar-refractivity contribution in [1.29, 1.82) is 0 Å². The van der Waals surface area contributed by atoms with Crippen LogP contribution < -0.4 is 5.32 Å². The van der Waals surface area contributed by atoms with Gasteiger partial charge in [-0.2, -0.15) is 0 Å². The number of aromatic nitrogens is 1. The highest BCUT2D eigenvalue weighted by molar-refractivity contribution is 5.78. The number of pyridine rings is 1. The van der Waals surface area contributed by atoms with E-state index in [4.69, 9.17) is 0 Å². The molecule has 0 spiro atoms. The predicted molar refractivity (Wildman–Crippen MR) is 97.1 cm³/mol. The number of amides is 1. The highest BCUT2D eigenvalue weighted by Gasteiger charge is 2.20. The number of phenols is 1. The zero-order chi connectivity index (χ0) is 17.5. The first-order chi connectivity index (χ1) is 12.2. The Morgan fingerprint density at radius 1 is 1.20 bits per heavy atom. The fraction of sp³-hybridized carbons (Fsp3) is 0.400. The van der Waals surface area contributed by atoms with Crippen molar-refractivity contribution in [2.45, 2.75) is 25.8 Å². The number of hydrogen-bond acceptors (Lipinski definition) is 4. The standard InChI is InChI=1S/C20H25N3O2/c24-19-6-3-4-17(12-19)15-23-10-7-16(8-11-23)14-22-20(25)13-18-5-1-2-9-21-18/h1-6,9,12,16,24H,7-8,10-11,13-15H2,(H,22,25). The van der Waals surface area contributed by atoms with Crippen LogP contribution in [-0.4, -0.2) is 40.5 Å². The van der Waals surface area contributed by atoms with Gasteiger partial charge in [0.05, 0.1) is 6.42 Å². The number of carbonyl (C=O) groups excluding carboxylic acids is 1. The summed E-state index contributed by atoms with van der Waals surface area (Å²) < 4.78 is 0. The first-order valence-electron chi connectivity index (χ1n) is 8.86. The Labute approximate surface area is 148 Å². The van der Waals surface area contributed by atoms with Gasteiger partial charge in [0.25, 0.3) is 0 Å². The number of carbonyl (C=O) groups is 1. The van der Waals surface area contributed by atoms with Crippen molar-refractivity contribution >= 4 is 5.91 Å². The number of piperidine rings is 1. The van der Waals surface area contributed by atoms with Gasteiger partial charge in [-0.1, -0.05) is 18.2 Å². The number of rotatable bonds is 6. The van der Waals surface area contributed by atoms with Gasteiger partial charge in [-0.3, -0.25) is 14.7 Å². The lowest BCUT2D eigenvalue weighted by Gasteiger charge is -2.32.